The topological polar surface area (TPSA) is 111 Å². The van der Waals surface area contributed by atoms with Crippen molar-refractivity contribution in [1.29, 1.82) is 5.26 Å². The molecule has 200 valence electrons. The lowest BCUT2D eigenvalue weighted by atomic mass is 9.83. The highest BCUT2D eigenvalue weighted by atomic mass is 35.5. The highest BCUT2D eigenvalue weighted by molar-refractivity contribution is 7.92. The second-order valence-electron chi connectivity index (χ2n) is 12.1. The summed E-state index contributed by atoms with van der Waals surface area (Å²) in [6, 6.07) is 7.96. The standard InChI is InChI=1S/C27H35ClN4O4S/c1-25(2)8-5-13-31(18-25)27(11-12-27)24(34)32-16-20(37(35,36)22-7-4-3-6-21(22)28)14-19(32)15-23(33)30-26(17-29)9-10-26/h3-4,6-7,19-20H,5,8-16,18H2,1-2H3,(H,30,33)/t19-,20-/m1/s1. The molecule has 10 heteroatoms. The quantitative estimate of drug-likeness (QED) is 0.562. The largest absolute Gasteiger partial charge is 0.338 e. The molecule has 2 saturated carbocycles. The van der Waals surface area contributed by atoms with Crippen LogP contribution in [0.3, 0.4) is 0 Å². The Kier molecular flexibility index (Phi) is 6.61. The number of hydrogen-bond acceptors (Lipinski definition) is 6. The lowest BCUT2D eigenvalue weighted by molar-refractivity contribution is -0.141. The lowest BCUT2D eigenvalue weighted by Crippen LogP contribution is -2.56. The Morgan fingerprint density at radius 3 is 2.46 bits per heavy atom. The van der Waals surface area contributed by atoms with Gasteiger partial charge in [-0.15, -0.1) is 0 Å². The monoisotopic (exact) mass is 546 g/mol. The molecule has 2 amide bonds. The molecule has 0 unspecified atom stereocenters. The van der Waals surface area contributed by atoms with Crippen LogP contribution in [0.2, 0.25) is 5.02 Å². The van der Waals surface area contributed by atoms with Crippen LogP contribution >= 0.6 is 11.6 Å². The molecule has 5 rings (SSSR count). The lowest BCUT2D eigenvalue weighted by Gasteiger charge is -2.43. The number of carbonyl (C=O) groups excluding carboxylic acids is 2. The molecule has 4 aliphatic rings. The van der Waals surface area contributed by atoms with Crippen LogP contribution in [0.1, 0.15) is 65.2 Å². The number of sulfone groups is 1. The van der Waals surface area contributed by atoms with E-state index in [1.165, 1.54) is 6.07 Å². The summed E-state index contributed by atoms with van der Waals surface area (Å²) in [5, 5.41) is 11.5. The second kappa shape index (κ2) is 9.25. The van der Waals surface area contributed by atoms with Gasteiger partial charge in [-0.2, -0.15) is 5.26 Å². The fraction of sp³-hybridized carbons (Fsp3) is 0.667. The minimum Gasteiger partial charge on any atom is -0.338 e. The van der Waals surface area contributed by atoms with E-state index in [2.05, 4.69) is 30.1 Å². The summed E-state index contributed by atoms with van der Waals surface area (Å²) in [5.41, 5.74) is -1.31. The van der Waals surface area contributed by atoms with Crippen molar-refractivity contribution in [3.8, 4) is 6.07 Å². The third-order valence-electron chi connectivity index (χ3n) is 8.61. The molecule has 2 aliphatic heterocycles. The average molecular weight is 547 g/mol. The van der Waals surface area contributed by atoms with Gasteiger partial charge in [0.05, 0.1) is 21.2 Å². The van der Waals surface area contributed by atoms with Crippen molar-refractivity contribution in [3.63, 3.8) is 0 Å². The smallest absolute Gasteiger partial charge is 0.243 e. The van der Waals surface area contributed by atoms with Gasteiger partial charge in [0.1, 0.15) is 11.1 Å². The van der Waals surface area contributed by atoms with E-state index in [1.807, 2.05) is 0 Å². The summed E-state index contributed by atoms with van der Waals surface area (Å²) >= 11 is 6.25. The predicted octanol–water partition coefficient (Wildman–Crippen LogP) is 3.30. The number of nitrogens with one attached hydrogen (secondary N) is 1. The van der Waals surface area contributed by atoms with Crippen molar-refractivity contribution < 1.29 is 18.0 Å². The van der Waals surface area contributed by atoms with Gasteiger partial charge in [0.25, 0.3) is 0 Å². The van der Waals surface area contributed by atoms with Crippen molar-refractivity contribution >= 4 is 33.3 Å². The first kappa shape index (κ1) is 26.5. The first-order valence-corrected chi connectivity index (χ1v) is 15.1. The first-order valence-electron chi connectivity index (χ1n) is 13.2. The Balaban J connectivity index is 1.41. The molecule has 0 radical (unpaired) electrons. The Morgan fingerprint density at radius 1 is 1.16 bits per heavy atom. The number of rotatable bonds is 7. The van der Waals surface area contributed by atoms with Crippen LogP contribution in [0.4, 0.5) is 0 Å². The average Bonchev–Trinajstić information content (AvgIpc) is 3.76. The third kappa shape index (κ3) is 5.00. The minimum atomic E-state index is -3.82. The Bertz CT molecular complexity index is 1250. The van der Waals surface area contributed by atoms with Crippen molar-refractivity contribution in [3.05, 3.63) is 29.3 Å². The van der Waals surface area contributed by atoms with Crippen molar-refractivity contribution in [2.75, 3.05) is 19.6 Å². The second-order valence-corrected chi connectivity index (χ2v) is 14.7. The molecule has 0 spiro atoms. The summed E-state index contributed by atoms with van der Waals surface area (Å²) in [5.74, 6) is -0.386. The van der Waals surface area contributed by atoms with Gasteiger partial charge in [-0.1, -0.05) is 37.6 Å². The van der Waals surface area contributed by atoms with Gasteiger partial charge in [-0.05, 0) is 69.0 Å². The van der Waals surface area contributed by atoms with E-state index in [4.69, 9.17) is 11.6 Å². The van der Waals surface area contributed by atoms with Gasteiger partial charge in [-0.25, -0.2) is 8.42 Å². The molecule has 8 nitrogen and oxygen atoms in total. The molecule has 2 aliphatic carbocycles. The zero-order chi connectivity index (χ0) is 26.6. The molecular weight excluding hydrogens is 512 g/mol. The van der Waals surface area contributed by atoms with Crippen molar-refractivity contribution in [2.45, 2.75) is 92.5 Å². The number of carbonyl (C=O) groups is 2. The molecule has 1 N–H and O–H groups in total. The number of halogens is 1. The number of likely N-dealkylation sites (tertiary alicyclic amines) is 2. The van der Waals surface area contributed by atoms with E-state index in [1.54, 1.807) is 23.1 Å². The summed E-state index contributed by atoms with van der Waals surface area (Å²) in [6.07, 6.45) is 4.99. The Labute approximate surface area is 224 Å². The van der Waals surface area contributed by atoms with Crippen molar-refractivity contribution in [2.24, 2.45) is 5.41 Å². The van der Waals surface area contributed by atoms with Crippen LogP contribution in [0.5, 0.6) is 0 Å². The van der Waals surface area contributed by atoms with Gasteiger partial charge >= 0.3 is 0 Å². The minimum absolute atomic E-state index is 0.0225. The fourth-order valence-corrected chi connectivity index (χ4v) is 8.42. The van der Waals surface area contributed by atoms with Crippen LogP contribution in [0, 0.1) is 16.7 Å². The third-order valence-corrected chi connectivity index (χ3v) is 11.2. The maximum Gasteiger partial charge on any atom is 0.243 e. The number of piperidine rings is 1. The highest BCUT2D eigenvalue weighted by Gasteiger charge is 2.59. The normalized spacial score (nSPS) is 27.8. The molecule has 2 saturated heterocycles. The van der Waals surface area contributed by atoms with Gasteiger partial charge < -0.3 is 10.2 Å². The fourth-order valence-electron chi connectivity index (χ4n) is 6.16. The van der Waals surface area contributed by atoms with Gasteiger partial charge in [-0.3, -0.25) is 14.5 Å². The summed E-state index contributed by atoms with van der Waals surface area (Å²) in [6.45, 7) is 6.15. The molecule has 0 aromatic heterocycles. The number of amides is 2. The van der Waals surface area contributed by atoms with E-state index in [9.17, 15) is 23.3 Å². The summed E-state index contributed by atoms with van der Waals surface area (Å²) in [4.78, 5) is 31.1. The van der Waals surface area contributed by atoms with E-state index in [0.717, 1.165) is 38.8 Å². The molecule has 1 aromatic carbocycles. The maximum absolute atomic E-state index is 14.1. The highest BCUT2D eigenvalue weighted by Crippen LogP contribution is 2.48. The van der Waals surface area contributed by atoms with Gasteiger partial charge in [0.15, 0.2) is 9.84 Å². The molecule has 1 aromatic rings. The number of nitrogens with zero attached hydrogens (tertiary/aromatic N) is 3. The first-order chi connectivity index (χ1) is 17.4. The Hall–Kier alpha value is -2.15. The van der Waals surface area contributed by atoms with Crippen LogP contribution in [-0.4, -0.2) is 72.0 Å². The summed E-state index contributed by atoms with van der Waals surface area (Å²) < 4.78 is 27.2. The molecule has 2 atom stereocenters. The zero-order valence-electron chi connectivity index (χ0n) is 21.5. The SMILES string of the molecule is CC1(C)CCCN(C2(C(=O)N3C[C@H](S(=O)(=O)c4ccccc4Cl)C[C@@H]3CC(=O)NC3(C#N)CC3)CC2)C1. The maximum atomic E-state index is 14.1. The summed E-state index contributed by atoms with van der Waals surface area (Å²) in [7, 11) is -3.82. The number of nitriles is 1. The number of hydrogen-bond donors (Lipinski definition) is 1. The van der Waals surface area contributed by atoms with Crippen LogP contribution < -0.4 is 5.32 Å². The zero-order valence-corrected chi connectivity index (χ0v) is 23.1. The molecular formula is C27H35ClN4O4S. The predicted molar refractivity (Wildman–Crippen MR) is 139 cm³/mol. The van der Waals surface area contributed by atoms with Crippen LogP contribution in [0.25, 0.3) is 0 Å². The van der Waals surface area contributed by atoms with E-state index in [0.29, 0.717) is 12.8 Å². The van der Waals surface area contributed by atoms with Gasteiger partial charge in [0.2, 0.25) is 11.8 Å². The van der Waals surface area contributed by atoms with Crippen LogP contribution in [-0.2, 0) is 19.4 Å². The molecule has 37 heavy (non-hydrogen) atoms. The van der Waals surface area contributed by atoms with Crippen molar-refractivity contribution in [1.82, 2.24) is 15.1 Å². The number of benzene rings is 1. The van der Waals surface area contributed by atoms with Crippen LogP contribution in [0.15, 0.2) is 29.2 Å². The molecule has 2 heterocycles. The molecule has 0 bridgehead atoms. The van der Waals surface area contributed by atoms with E-state index < -0.39 is 32.2 Å². The van der Waals surface area contributed by atoms with Gasteiger partial charge in [0, 0.05) is 25.6 Å². The van der Waals surface area contributed by atoms with E-state index >= 15 is 0 Å². The van der Waals surface area contributed by atoms with E-state index in [-0.39, 0.29) is 46.5 Å². The molecule has 4 fully saturated rings. The Morgan fingerprint density at radius 2 is 1.86 bits per heavy atom.